The number of nitrogens with two attached hydrogens (primary N) is 1. The average Bonchev–Trinajstić information content (AvgIpc) is 3.25. The maximum Gasteiger partial charge on any atom is 0.337 e. The van der Waals surface area contributed by atoms with Crippen molar-refractivity contribution in [2.24, 2.45) is 0 Å². The fraction of sp³-hybridized carbons (Fsp3) is 0.348. The van der Waals surface area contributed by atoms with Gasteiger partial charge in [-0.2, -0.15) is 4.98 Å². The molecule has 3 aromatic rings. The van der Waals surface area contributed by atoms with Crippen LogP contribution >= 0.6 is 23.2 Å². The number of H-pyrrole nitrogens is 1. The number of carboxylic acid groups (broad SMARTS) is 1. The number of nitrogens with one attached hydrogen (secondary N) is 1. The van der Waals surface area contributed by atoms with Gasteiger partial charge in [0.05, 0.1) is 10.6 Å². The zero-order chi connectivity index (χ0) is 23.4. The molecule has 2 heterocycles. The standard InChI is InChI=1S/C23H26Cl2N6O2/c24-17-4-1-15(2-5-17)7-10-31(14-16-3-6-20(25)19(13-16)21(32)33)18-8-11-30(12-9-18)23-27-22(26)28-29-23/h1-6,13,18H,7-12,14H2,(H,32,33)(H3,26,27,28,29). The number of benzene rings is 2. The number of halogens is 2. The molecule has 0 spiro atoms. The molecule has 0 atom stereocenters. The molecule has 0 bridgehead atoms. The normalized spacial score (nSPS) is 14.7. The number of carbonyl (C=O) groups is 1. The van der Waals surface area contributed by atoms with Crippen LogP contribution in [0.1, 0.15) is 34.3 Å². The van der Waals surface area contributed by atoms with E-state index in [-0.39, 0.29) is 10.6 Å². The third-order valence-corrected chi connectivity index (χ3v) is 6.58. The number of hydrogen-bond acceptors (Lipinski definition) is 6. The Hall–Kier alpha value is -2.81. The molecule has 1 aliphatic rings. The van der Waals surface area contributed by atoms with Gasteiger partial charge in [-0.1, -0.05) is 41.4 Å². The zero-order valence-electron chi connectivity index (χ0n) is 18.0. The number of hydrogen-bond donors (Lipinski definition) is 3. The van der Waals surface area contributed by atoms with Crippen LogP contribution in [-0.2, 0) is 13.0 Å². The van der Waals surface area contributed by atoms with Gasteiger partial charge >= 0.3 is 5.97 Å². The Labute approximate surface area is 202 Å². The largest absolute Gasteiger partial charge is 0.478 e. The first kappa shape index (κ1) is 23.4. The first-order valence-electron chi connectivity index (χ1n) is 10.8. The summed E-state index contributed by atoms with van der Waals surface area (Å²) in [6.45, 7) is 3.12. The molecule has 4 rings (SSSR count). The molecule has 0 amide bonds. The van der Waals surface area contributed by atoms with Crippen LogP contribution in [0.4, 0.5) is 11.9 Å². The Morgan fingerprint density at radius 3 is 2.48 bits per heavy atom. The number of piperidine rings is 1. The van der Waals surface area contributed by atoms with Gasteiger partial charge in [-0.3, -0.25) is 4.90 Å². The van der Waals surface area contributed by atoms with E-state index >= 15 is 0 Å². The van der Waals surface area contributed by atoms with Crippen LogP contribution in [0.3, 0.4) is 0 Å². The van der Waals surface area contributed by atoms with Gasteiger partial charge in [-0.25, -0.2) is 9.89 Å². The highest BCUT2D eigenvalue weighted by molar-refractivity contribution is 6.33. The van der Waals surface area contributed by atoms with Gasteiger partial charge in [0.1, 0.15) is 0 Å². The Morgan fingerprint density at radius 1 is 1.15 bits per heavy atom. The van der Waals surface area contributed by atoms with Crippen molar-refractivity contribution < 1.29 is 9.90 Å². The number of aromatic nitrogens is 3. The highest BCUT2D eigenvalue weighted by Gasteiger charge is 2.26. The summed E-state index contributed by atoms with van der Waals surface area (Å²) >= 11 is 12.1. The lowest BCUT2D eigenvalue weighted by Gasteiger charge is -2.38. The van der Waals surface area contributed by atoms with Crippen LogP contribution in [0.2, 0.25) is 10.0 Å². The topological polar surface area (TPSA) is 111 Å². The molecule has 1 aromatic heterocycles. The monoisotopic (exact) mass is 488 g/mol. The number of nitrogen functional groups attached to an aromatic ring is 1. The molecule has 33 heavy (non-hydrogen) atoms. The van der Waals surface area contributed by atoms with Crippen LogP contribution in [-0.4, -0.2) is 56.8 Å². The van der Waals surface area contributed by atoms with Gasteiger partial charge in [-0.05, 0) is 54.7 Å². The van der Waals surface area contributed by atoms with Gasteiger partial charge < -0.3 is 15.7 Å². The van der Waals surface area contributed by atoms with E-state index in [1.54, 1.807) is 12.1 Å². The smallest absolute Gasteiger partial charge is 0.337 e. The molecule has 4 N–H and O–H groups in total. The van der Waals surface area contributed by atoms with E-state index in [1.807, 2.05) is 30.3 Å². The summed E-state index contributed by atoms with van der Waals surface area (Å²) in [5.41, 5.74) is 7.94. The summed E-state index contributed by atoms with van der Waals surface area (Å²) in [6, 6.07) is 13.5. The first-order chi connectivity index (χ1) is 15.9. The third kappa shape index (κ3) is 5.96. The third-order valence-electron chi connectivity index (χ3n) is 6.00. The maximum atomic E-state index is 11.5. The van der Waals surface area contributed by atoms with E-state index in [1.165, 1.54) is 5.56 Å². The van der Waals surface area contributed by atoms with E-state index in [0.29, 0.717) is 24.5 Å². The lowest BCUT2D eigenvalue weighted by Crippen LogP contribution is -2.45. The molecule has 10 heteroatoms. The minimum Gasteiger partial charge on any atom is -0.478 e. The van der Waals surface area contributed by atoms with E-state index in [4.69, 9.17) is 28.9 Å². The minimum atomic E-state index is -1.02. The summed E-state index contributed by atoms with van der Waals surface area (Å²) in [5.74, 6) is -0.0789. The fourth-order valence-electron chi connectivity index (χ4n) is 4.22. The van der Waals surface area contributed by atoms with Crippen molar-refractivity contribution >= 4 is 41.1 Å². The Morgan fingerprint density at radius 2 is 1.85 bits per heavy atom. The van der Waals surface area contributed by atoms with E-state index in [2.05, 4.69) is 25.0 Å². The number of nitrogens with zero attached hydrogens (tertiary/aromatic N) is 4. The van der Waals surface area contributed by atoms with Crippen LogP contribution < -0.4 is 10.6 Å². The van der Waals surface area contributed by atoms with Gasteiger partial charge in [0.2, 0.25) is 11.9 Å². The average molecular weight is 489 g/mol. The number of aromatic carboxylic acids is 1. The van der Waals surface area contributed by atoms with Crippen molar-refractivity contribution in [3.63, 3.8) is 0 Å². The molecule has 0 radical (unpaired) electrons. The molecular formula is C23H26Cl2N6O2. The Balaban J connectivity index is 1.48. The molecule has 174 valence electrons. The molecule has 8 nitrogen and oxygen atoms in total. The predicted molar refractivity (Wildman–Crippen MR) is 130 cm³/mol. The summed E-state index contributed by atoms with van der Waals surface area (Å²) in [5, 5.41) is 17.3. The molecule has 0 saturated carbocycles. The van der Waals surface area contributed by atoms with Crippen LogP contribution in [0.15, 0.2) is 42.5 Å². The number of aromatic amines is 1. The predicted octanol–water partition coefficient (Wildman–Crippen LogP) is 4.11. The molecule has 1 saturated heterocycles. The van der Waals surface area contributed by atoms with Crippen molar-refractivity contribution in [2.75, 3.05) is 30.3 Å². The fourth-order valence-corrected chi connectivity index (χ4v) is 4.55. The maximum absolute atomic E-state index is 11.5. The Bertz CT molecular complexity index is 1100. The second-order valence-electron chi connectivity index (χ2n) is 8.21. The van der Waals surface area contributed by atoms with Crippen molar-refractivity contribution in [1.29, 1.82) is 0 Å². The van der Waals surface area contributed by atoms with Crippen LogP contribution in [0.5, 0.6) is 0 Å². The molecule has 0 aliphatic carbocycles. The molecule has 1 fully saturated rings. The highest BCUT2D eigenvalue weighted by Crippen LogP contribution is 2.24. The SMILES string of the molecule is Nc1nc(N2CCC(N(CCc3ccc(Cl)cc3)Cc3ccc(Cl)c(C(=O)O)c3)CC2)n[nH]1. The quantitative estimate of drug-likeness (QED) is 0.437. The highest BCUT2D eigenvalue weighted by atomic mass is 35.5. The molecule has 2 aromatic carbocycles. The van der Waals surface area contributed by atoms with Crippen LogP contribution in [0, 0.1) is 0 Å². The number of rotatable bonds is 8. The van der Waals surface area contributed by atoms with Gasteiger partial charge in [0, 0.05) is 37.2 Å². The summed E-state index contributed by atoms with van der Waals surface area (Å²) < 4.78 is 0. The van der Waals surface area contributed by atoms with Crippen LogP contribution in [0.25, 0.3) is 0 Å². The lowest BCUT2D eigenvalue weighted by atomic mass is 10.0. The van der Waals surface area contributed by atoms with E-state index < -0.39 is 5.97 Å². The summed E-state index contributed by atoms with van der Waals surface area (Å²) in [4.78, 5) is 20.3. The second kappa shape index (κ2) is 10.4. The Kier molecular flexibility index (Phi) is 7.37. The van der Waals surface area contributed by atoms with Crippen molar-refractivity contribution in [1.82, 2.24) is 20.1 Å². The van der Waals surface area contributed by atoms with Crippen molar-refractivity contribution in [2.45, 2.75) is 31.8 Å². The van der Waals surface area contributed by atoms with E-state index in [9.17, 15) is 9.90 Å². The molecule has 1 aliphatic heterocycles. The number of carboxylic acids is 1. The second-order valence-corrected chi connectivity index (χ2v) is 9.05. The zero-order valence-corrected chi connectivity index (χ0v) is 19.6. The van der Waals surface area contributed by atoms with Gasteiger partial charge in [0.15, 0.2) is 0 Å². The summed E-state index contributed by atoms with van der Waals surface area (Å²) in [7, 11) is 0. The van der Waals surface area contributed by atoms with Gasteiger partial charge in [-0.15, -0.1) is 5.10 Å². The lowest BCUT2D eigenvalue weighted by molar-refractivity contribution is 0.0696. The summed E-state index contributed by atoms with van der Waals surface area (Å²) in [6.07, 6.45) is 2.75. The number of anilines is 2. The van der Waals surface area contributed by atoms with E-state index in [0.717, 1.165) is 49.5 Å². The molecular weight excluding hydrogens is 463 g/mol. The minimum absolute atomic E-state index is 0.129. The van der Waals surface area contributed by atoms with Gasteiger partial charge in [0.25, 0.3) is 0 Å². The van der Waals surface area contributed by atoms with Crippen molar-refractivity contribution in [3.05, 3.63) is 69.2 Å². The van der Waals surface area contributed by atoms with Crippen molar-refractivity contribution in [3.8, 4) is 0 Å². The molecule has 0 unspecified atom stereocenters. The first-order valence-corrected chi connectivity index (χ1v) is 11.6.